The van der Waals surface area contributed by atoms with Crippen LogP contribution in [-0.2, 0) is 15.7 Å². The van der Waals surface area contributed by atoms with Crippen LogP contribution < -0.4 is 14.8 Å². The zero-order chi connectivity index (χ0) is 22.0. The molecule has 0 saturated heterocycles. The fraction of sp³-hybridized carbons (Fsp3) is 0.167. The van der Waals surface area contributed by atoms with Crippen LogP contribution in [0.5, 0.6) is 0 Å². The van der Waals surface area contributed by atoms with Crippen molar-refractivity contribution in [3.8, 4) is 11.3 Å². The van der Waals surface area contributed by atoms with E-state index >= 15 is 0 Å². The van der Waals surface area contributed by atoms with Crippen LogP contribution in [-0.4, -0.2) is 30.3 Å². The van der Waals surface area contributed by atoms with Crippen molar-refractivity contribution < 1.29 is 43.9 Å². The molecule has 2 aromatic carbocycles. The maximum Gasteiger partial charge on any atom is 0.365 e. The third-order valence-electron chi connectivity index (χ3n) is 4.50. The Morgan fingerprint density at radius 2 is 1.55 bits per heavy atom. The molecule has 168 valence electrons. The van der Waals surface area contributed by atoms with E-state index in [1.165, 1.54) is 11.3 Å². The first-order chi connectivity index (χ1) is 14.0. The lowest BCUT2D eigenvalue weighted by Crippen LogP contribution is -2.42. The van der Waals surface area contributed by atoms with Crippen molar-refractivity contribution in [3.63, 3.8) is 0 Å². The number of hydrogen-bond donors (Lipinski definition) is 5. The Balaban J connectivity index is 0.00000341. The van der Waals surface area contributed by atoms with Crippen molar-refractivity contribution in [2.75, 3.05) is 5.32 Å². The second-order valence-electron chi connectivity index (χ2n) is 6.52. The third-order valence-corrected chi connectivity index (χ3v) is 9.21. The molecule has 0 radical (unpaired) electrons. The van der Waals surface area contributed by atoms with Gasteiger partial charge in [0.15, 0.2) is 7.60 Å². The fourth-order valence-electron chi connectivity index (χ4n) is 2.86. The number of aliphatic hydroxyl groups is 1. The Bertz CT molecular complexity index is 1080. The highest BCUT2D eigenvalue weighted by atomic mass is 32.1. The molecule has 0 aliphatic rings. The van der Waals surface area contributed by atoms with Crippen LogP contribution in [0.2, 0.25) is 0 Å². The number of thiazole rings is 1. The molecule has 2 atom stereocenters. The molecule has 2 unspecified atom stereocenters. The molecule has 0 spiro atoms. The summed E-state index contributed by atoms with van der Waals surface area (Å²) < 4.78 is 24.9. The molecule has 10 nitrogen and oxygen atoms in total. The minimum absolute atomic E-state index is 0. The Hall–Kier alpha value is -1.91. The first kappa shape index (κ1) is 25.4. The van der Waals surface area contributed by atoms with Crippen molar-refractivity contribution in [2.45, 2.75) is 18.0 Å². The number of benzene rings is 2. The van der Waals surface area contributed by atoms with Crippen molar-refractivity contribution >= 4 is 37.3 Å². The van der Waals surface area contributed by atoms with Crippen LogP contribution in [0, 0.1) is 0 Å². The van der Waals surface area contributed by atoms with E-state index in [0.717, 1.165) is 11.3 Å². The van der Waals surface area contributed by atoms with Gasteiger partial charge in [-0.1, -0.05) is 59.9 Å². The molecule has 13 heteroatoms. The summed E-state index contributed by atoms with van der Waals surface area (Å²) in [7, 11) is -11.4. The lowest BCUT2D eigenvalue weighted by atomic mass is 10.2. The van der Waals surface area contributed by atoms with Gasteiger partial charge >= 0.3 is 12.7 Å². The molecular weight excluding hydrogens is 466 g/mol. The first-order valence-corrected chi connectivity index (χ1v) is 12.8. The van der Waals surface area contributed by atoms with Gasteiger partial charge in [-0.05, 0) is 12.1 Å². The van der Waals surface area contributed by atoms with Crippen molar-refractivity contribution in [2.24, 2.45) is 0 Å². The molecule has 0 bridgehead atoms. The van der Waals surface area contributed by atoms with Crippen molar-refractivity contribution in [1.29, 1.82) is 0 Å². The van der Waals surface area contributed by atoms with Crippen LogP contribution in [0.3, 0.4) is 0 Å². The summed E-state index contributed by atoms with van der Waals surface area (Å²) in [5, 5.41) is 12.1. The molecule has 0 amide bonds. The summed E-state index contributed by atoms with van der Waals surface area (Å²) >= 11 is 1.30. The predicted octanol–water partition coefficient (Wildman–Crippen LogP) is 1.38. The van der Waals surface area contributed by atoms with Gasteiger partial charge in [0.1, 0.15) is 11.4 Å². The molecule has 0 fully saturated rings. The van der Waals surface area contributed by atoms with Crippen LogP contribution in [0.1, 0.15) is 6.42 Å². The topological polar surface area (TPSA) is 186 Å². The largest absolute Gasteiger partial charge is 0.776 e. The molecule has 0 aliphatic heterocycles. The summed E-state index contributed by atoms with van der Waals surface area (Å²) in [6.45, 7) is -0.294. The highest BCUT2D eigenvalue weighted by molar-refractivity contribution is 7.71. The quantitative estimate of drug-likeness (QED) is 0.232. The summed E-state index contributed by atoms with van der Waals surface area (Å²) in [6, 6.07) is 18.2. The van der Waals surface area contributed by atoms with Crippen LogP contribution in [0.25, 0.3) is 11.3 Å². The molecule has 1 aromatic heterocycles. The van der Waals surface area contributed by atoms with E-state index in [1.54, 1.807) is 9.95 Å². The highest BCUT2D eigenvalue weighted by Crippen LogP contribution is 2.67. The van der Waals surface area contributed by atoms with E-state index in [9.17, 15) is 33.8 Å². The molecule has 1 heterocycles. The van der Waals surface area contributed by atoms with E-state index in [1.807, 2.05) is 60.7 Å². The lowest BCUT2D eigenvalue weighted by Gasteiger charge is -2.35. The molecule has 7 N–H and O–H groups in total. The van der Waals surface area contributed by atoms with Crippen molar-refractivity contribution in [1.82, 2.24) is 0 Å². The maximum absolute atomic E-state index is 11.7. The molecule has 0 aliphatic carbocycles. The molecule has 3 aromatic rings. The van der Waals surface area contributed by atoms with E-state index in [4.69, 9.17) is 0 Å². The molecule has 3 rings (SSSR count). The minimum atomic E-state index is -5.78. The average molecular weight is 488 g/mol. The Morgan fingerprint density at radius 1 is 1.00 bits per heavy atom. The molecular formula is C18H22N2O8P2S. The van der Waals surface area contributed by atoms with Gasteiger partial charge in [-0.15, -0.1) is 0 Å². The number of hydrogen-bond acceptors (Lipinski definition) is 6. The van der Waals surface area contributed by atoms with E-state index in [-0.39, 0.29) is 12.0 Å². The fourth-order valence-corrected chi connectivity index (χ4v) is 5.93. The van der Waals surface area contributed by atoms with Crippen LogP contribution in [0.15, 0.2) is 66.0 Å². The summed E-state index contributed by atoms with van der Waals surface area (Å²) in [4.78, 5) is 39.7. The number of para-hydroxylation sites is 1. The number of rotatable bonds is 8. The van der Waals surface area contributed by atoms with Crippen molar-refractivity contribution in [3.05, 3.63) is 66.0 Å². The summed E-state index contributed by atoms with van der Waals surface area (Å²) in [5.41, 5.74) is 2.17. The average Bonchev–Trinajstić information content (AvgIpc) is 3.08. The van der Waals surface area contributed by atoms with E-state index in [0.29, 0.717) is 10.8 Å². The van der Waals surface area contributed by atoms with Crippen LogP contribution >= 0.6 is 26.5 Å². The van der Waals surface area contributed by atoms with Crippen LogP contribution in [0.4, 0.5) is 10.8 Å². The molecule has 31 heavy (non-hydrogen) atoms. The second kappa shape index (κ2) is 9.70. The normalized spacial score (nSPS) is 15.4. The van der Waals surface area contributed by atoms with E-state index < -0.39 is 26.7 Å². The number of aromatic nitrogens is 1. The number of nitrogens with zero attached hydrogens (tertiary/aromatic N) is 1. The van der Waals surface area contributed by atoms with Gasteiger partial charge in [-0.25, -0.2) is 9.88 Å². The second-order valence-corrected chi connectivity index (χ2v) is 11.3. The van der Waals surface area contributed by atoms with Gasteiger partial charge in [-0.3, -0.25) is 4.57 Å². The monoisotopic (exact) mass is 488 g/mol. The van der Waals surface area contributed by atoms with Gasteiger partial charge in [0, 0.05) is 17.4 Å². The van der Waals surface area contributed by atoms with Gasteiger partial charge in [0.05, 0.1) is 6.54 Å². The Morgan fingerprint density at radius 3 is 2.06 bits per heavy atom. The number of nitrogens with one attached hydrogen (secondary N) is 1. The Labute approximate surface area is 182 Å². The highest BCUT2D eigenvalue weighted by Gasteiger charge is 2.53. The summed E-state index contributed by atoms with van der Waals surface area (Å²) in [6.07, 6.45) is -0.917. The molecule has 0 saturated carbocycles. The SMILES string of the molecule is O.O=P([O-])(O)C(O)(CC[n+]1c(-c2ccccc2)csc1Nc1ccccc1)P(=O)(O)O. The van der Waals surface area contributed by atoms with Gasteiger partial charge < -0.3 is 34.7 Å². The van der Waals surface area contributed by atoms with E-state index in [2.05, 4.69) is 5.32 Å². The first-order valence-electron chi connectivity index (χ1n) is 8.74. The minimum Gasteiger partial charge on any atom is -0.776 e. The zero-order valence-electron chi connectivity index (χ0n) is 16.0. The predicted molar refractivity (Wildman–Crippen MR) is 115 cm³/mol. The standard InChI is InChI=1S/C18H20N2O7P2S.H2O/c21-18(28(22,23)24,29(25,26)27)11-12-20-16(14-7-3-1-4-8-14)13-30-17(20)19-15-9-5-2-6-10-15;/h1-10,13,21H,11-12H2,(H4,22,23,24,25,26,27);1H2. The smallest absolute Gasteiger partial charge is 0.365 e. The van der Waals surface area contributed by atoms with Gasteiger partial charge in [0.2, 0.25) is 5.08 Å². The zero-order valence-corrected chi connectivity index (χ0v) is 18.6. The Kier molecular flexibility index (Phi) is 7.94. The van der Waals surface area contributed by atoms with Gasteiger partial charge in [-0.2, -0.15) is 0 Å². The maximum atomic E-state index is 11.7. The summed E-state index contributed by atoms with van der Waals surface area (Å²) in [5.74, 6) is 0. The lowest BCUT2D eigenvalue weighted by molar-refractivity contribution is -0.669. The third kappa shape index (κ3) is 5.48. The number of anilines is 2. The van der Waals surface area contributed by atoms with Gasteiger partial charge in [0.25, 0.3) is 0 Å².